The molecule has 1 aliphatic rings. The first-order valence-electron chi connectivity index (χ1n) is 8.80. The van der Waals surface area contributed by atoms with Crippen LogP contribution in [0.3, 0.4) is 0 Å². The molecule has 1 saturated heterocycles. The van der Waals surface area contributed by atoms with Gasteiger partial charge in [0.2, 0.25) is 11.7 Å². The van der Waals surface area contributed by atoms with Crippen molar-refractivity contribution in [3.05, 3.63) is 52.8 Å². The number of ether oxygens (including phenoxy) is 2. The van der Waals surface area contributed by atoms with E-state index in [0.29, 0.717) is 16.9 Å². The van der Waals surface area contributed by atoms with Crippen molar-refractivity contribution in [3.8, 4) is 5.75 Å². The largest absolute Gasteiger partial charge is 0.485 e. The number of hydrogen-bond acceptors (Lipinski definition) is 4. The number of nitrogens with two attached hydrogens (primary N) is 1. The number of carbonyl (C=O) groups excluding carboxylic acids is 2. The van der Waals surface area contributed by atoms with Crippen LogP contribution in [0.5, 0.6) is 5.75 Å². The summed E-state index contributed by atoms with van der Waals surface area (Å²) in [5.41, 5.74) is 8.28. The van der Waals surface area contributed by atoms with E-state index in [4.69, 9.17) is 15.2 Å². The number of amides is 1. The molecule has 0 bridgehead atoms. The van der Waals surface area contributed by atoms with Crippen LogP contribution >= 0.6 is 0 Å². The van der Waals surface area contributed by atoms with Gasteiger partial charge in [-0.25, -0.2) is 0 Å². The zero-order valence-electron chi connectivity index (χ0n) is 15.2. The molecule has 3 rings (SSSR count). The molecule has 1 unspecified atom stereocenters. The minimum absolute atomic E-state index is 0.0554. The van der Waals surface area contributed by atoms with Gasteiger partial charge in [-0.2, -0.15) is 0 Å². The van der Waals surface area contributed by atoms with Crippen molar-refractivity contribution in [1.82, 2.24) is 4.57 Å². The van der Waals surface area contributed by atoms with Crippen LogP contribution in [-0.4, -0.2) is 35.6 Å². The Morgan fingerprint density at radius 1 is 1.27 bits per heavy atom. The molecule has 2 N–H and O–H groups in total. The molecule has 26 heavy (non-hydrogen) atoms. The highest BCUT2D eigenvalue weighted by atomic mass is 16.5. The number of benzene rings is 1. The van der Waals surface area contributed by atoms with E-state index in [9.17, 15) is 9.59 Å². The fraction of sp³-hybridized carbons (Fsp3) is 0.400. The van der Waals surface area contributed by atoms with Crippen LogP contribution in [0, 0.1) is 13.8 Å². The summed E-state index contributed by atoms with van der Waals surface area (Å²) in [4.78, 5) is 23.6. The van der Waals surface area contributed by atoms with Gasteiger partial charge in [-0.3, -0.25) is 9.59 Å². The van der Waals surface area contributed by atoms with Gasteiger partial charge < -0.3 is 19.8 Å². The highest BCUT2D eigenvalue weighted by molar-refractivity contribution is 5.98. The summed E-state index contributed by atoms with van der Waals surface area (Å²) < 4.78 is 13.4. The Kier molecular flexibility index (Phi) is 5.42. The summed E-state index contributed by atoms with van der Waals surface area (Å²) in [6.45, 7) is 5.50. The van der Waals surface area contributed by atoms with Crippen molar-refractivity contribution in [2.75, 3.05) is 13.2 Å². The number of nitrogens with zero attached hydrogens (tertiary/aromatic N) is 1. The third kappa shape index (κ3) is 3.96. The minimum Gasteiger partial charge on any atom is -0.485 e. The van der Waals surface area contributed by atoms with Gasteiger partial charge in [-0.15, -0.1) is 0 Å². The second-order valence-electron chi connectivity index (χ2n) is 6.63. The lowest BCUT2D eigenvalue weighted by Crippen LogP contribution is -2.18. The fourth-order valence-corrected chi connectivity index (χ4v) is 3.30. The van der Waals surface area contributed by atoms with Gasteiger partial charge in [-0.05, 0) is 57.0 Å². The fourth-order valence-electron chi connectivity index (χ4n) is 3.30. The van der Waals surface area contributed by atoms with Gasteiger partial charge >= 0.3 is 0 Å². The summed E-state index contributed by atoms with van der Waals surface area (Å²) in [5, 5.41) is 0. The third-order valence-electron chi connectivity index (χ3n) is 4.79. The zero-order valence-corrected chi connectivity index (χ0v) is 15.2. The molecule has 1 aromatic heterocycles. The Bertz CT molecular complexity index is 802. The molecule has 1 aromatic carbocycles. The Morgan fingerprint density at radius 3 is 2.62 bits per heavy atom. The second kappa shape index (κ2) is 7.74. The standard InChI is InChI=1S/C20H24N2O4/c1-13-10-18(14(2)22(13)11-17-4-3-9-25-17)19(23)12-26-16-7-5-15(6-8-16)20(21)24/h5-8,10,17H,3-4,9,11-12H2,1-2H3,(H2,21,24). The zero-order chi connectivity index (χ0) is 18.7. The maximum Gasteiger partial charge on any atom is 0.248 e. The van der Waals surface area contributed by atoms with Crippen molar-refractivity contribution in [3.63, 3.8) is 0 Å². The van der Waals surface area contributed by atoms with Gasteiger partial charge in [0, 0.05) is 35.7 Å². The van der Waals surface area contributed by atoms with E-state index >= 15 is 0 Å². The number of aromatic nitrogens is 1. The summed E-state index contributed by atoms with van der Waals surface area (Å²) >= 11 is 0. The predicted molar refractivity (Wildman–Crippen MR) is 97.7 cm³/mol. The van der Waals surface area contributed by atoms with Crippen LogP contribution in [-0.2, 0) is 11.3 Å². The maximum absolute atomic E-state index is 12.6. The van der Waals surface area contributed by atoms with Crippen LogP contribution in [0.1, 0.15) is 44.9 Å². The van der Waals surface area contributed by atoms with E-state index in [1.54, 1.807) is 24.3 Å². The Morgan fingerprint density at radius 2 is 2.00 bits per heavy atom. The molecule has 1 atom stereocenters. The average molecular weight is 356 g/mol. The van der Waals surface area contributed by atoms with Gasteiger partial charge in [0.15, 0.2) is 6.61 Å². The second-order valence-corrected chi connectivity index (χ2v) is 6.63. The van der Waals surface area contributed by atoms with Crippen molar-refractivity contribution in [2.45, 2.75) is 39.3 Å². The van der Waals surface area contributed by atoms with E-state index < -0.39 is 5.91 Å². The Balaban J connectivity index is 1.65. The van der Waals surface area contributed by atoms with Crippen LogP contribution in [0.2, 0.25) is 0 Å². The molecular formula is C20H24N2O4. The number of carbonyl (C=O) groups is 2. The number of Topliss-reactive ketones (excluding diaryl/α,β-unsaturated/α-hetero) is 1. The quantitative estimate of drug-likeness (QED) is 0.773. The molecule has 2 aromatic rings. The summed E-state index contributed by atoms with van der Waals surface area (Å²) in [7, 11) is 0. The predicted octanol–water partition coefficient (Wildman–Crippen LogP) is 2.64. The van der Waals surface area contributed by atoms with E-state index in [0.717, 1.165) is 37.4 Å². The van der Waals surface area contributed by atoms with Crippen molar-refractivity contribution < 1.29 is 19.1 Å². The number of aryl methyl sites for hydroxylation is 1. The molecule has 2 heterocycles. The smallest absolute Gasteiger partial charge is 0.248 e. The van der Waals surface area contributed by atoms with E-state index in [1.807, 2.05) is 19.9 Å². The number of primary amides is 1. The molecule has 6 nitrogen and oxygen atoms in total. The normalized spacial score (nSPS) is 16.6. The Labute approximate surface area is 152 Å². The highest BCUT2D eigenvalue weighted by Gasteiger charge is 2.21. The number of rotatable bonds is 7. The van der Waals surface area contributed by atoms with E-state index in [2.05, 4.69) is 4.57 Å². The van der Waals surface area contributed by atoms with Crippen molar-refractivity contribution >= 4 is 11.7 Å². The lowest BCUT2D eigenvalue weighted by atomic mass is 10.1. The highest BCUT2D eigenvalue weighted by Crippen LogP contribution is 2.21. The topological polar surface area (TPSA) is 83.5 Å². The minimum atomic E-state index is -0.494. The first-order chi connectivity index (χ1) is 12.5. The van der Waals surface area contributed by atoms with Gasteiger partial charge in [0.25, 0.3) is 0 Å². The Hall–Kier alpha value is -2.60. The maximum atomic E-state index is 12.6. The van der Waals surface area contributed by atoms with Crippen LogP contribution < -0.4 is 10.5 Å². The molecule has 6 heteroatoms. The SMILES string of the molecule is Cc1cc(C(=O)COc2ccc(C(N)=O)cc2)c(C)n1CC1CCCO1. The first-order valence-corrected chi connectivity index (χ1v) is 8.80. The number of ketones is 1. The first kappa shape index (κ1) is 18.2. The lowest BCUT2D eigenvalue weighted by Gasteiger charge is -2.14. The molecule has 0 saturated carbocycles. The molecule has 138 valence electrons. The van der Waals surface area contributed by atoms with Gasteiger partial charge in [-0.1, -0.05) is 0 Å². The average Bonchev–Trinajstić information content (AvgIpc) is 3.24. The van der Waals surface area contributed by atoms with Crippen molar-refractivity contribution in [2.24, 2.45) is 5.73 Å². The monoisotopic (exact) mass is 356 g/mol. The van der Waals surface area contributed by atoms with Gasteiger partial charge in [0.05, 0.1) is 6.10 Å². The third-order valence-corrected chi connectivity index (χ3v) is 4.79. The van der Waals surface area contributed by atoms with E-state index in [1.165, 1.54) is 0 Å². The van der Waals surface area contributed by atoms with Crippen LogP contribution in [0.25, 0.3) is 0 Å². The number of hydrogen-bond donors (Lipinski definition) is 1. The van der Waals surface area contributed by atoms with Crippen LogP contribution in [0.4, 0.5) is 0 Å². The summed E-state index contributed by atoms with van der Waals surface area (Å²) in [5.74, 6) is -0.0431. The molecular weight excluding hydrogens is 332 g/mol. The molecule has 0 radical (unpaired) electrons. The van der Waals surface area contributed by atoms with E-state index in [-0.39, 0.29) is 18.5 Å². The van der Waals surface area contributed by atoms with Crippen molar-refractivity contribution in [1.29, 1.82) is 0 Å². The molecule has 0 aliphatic carbocycles. The van der Waals surface area contributed by atoms with Crippen LogP contribution in [0.15, 0.2) is 30.3 Å². The molecule has 1 fully saturated rings. The summed E-state index contributed by atoms with van der Waals surface area (Å²) in [6.07, 6.45) is 2.38. The molecule has 1 amide bonds. The van der Waals surface area contributed by atoms with Gasteiger partial charge in [0.1, 0.15) is 5.75 Å². The summed E-state index contributed by atoms with van der Waals surface area (Å²) in [6, 6.07) is 8.33. The molecule has 1 aliphatic heterocycles. The lowest BCUT2D eigenvalue weighted by molar-refractivity contribution is 0.0913. The molecule has 0 spiro atoms.